The fourth-order valence-corrected chi connectivity index (χ4v) is 2.11. The molecule has 1 aliphatic heterocycles. The molecule has 100 valence electrons. The van der Waals surface area contributed by atoms with Gasteiger partial charge in [0.2, 0.25) is 0 Å². The van der Waals surface area contributed by atoms with Crippen molar-refractivity contribution in [2.24, 2.45) is 0 Å². The van der Waals surface area contributed by atoms with E-state index in [1.165, 1.54) is 4.90 Å². The molecule has 3 rings (SSSR count). The van der Waals surface area contributed by atoms with Crippen LogP contribution >= 0.6 is 0 Å². The molecule has 0 aliphatic carbocycles. The third-order valence-corrected chi connectivity index (χ3v) is 3.20. The zero-order valence-electron chi connectivity index (χ0n) is 10.9. The van der Waals surface area contributed by atoms with Gasteiger partial charge in [0.1, 0.15) is 12.4 Å². The van der Waals surface area contributed by atoms with Crippen LogP contribution in [0.2, 0.25) is 0 Å². The van der Waals surface area contributed by atoms with Gasteiger partial charge in [-0.15, -0.1) is 0 Å². The Morgan fingerprint density at radius 1 is 1.25 bits per heavy atom. The highest BCUT2D eigenvalue weighted by Crippen LogP contribution is 2.31. The fraction of sp³-hybridized carbons (Fsp3) is 0.133. The third kappa shape index (κ3) is 2.03. The van der Waals surface area contributed by atoms with Crippen molar-refractivity contribution in [1.29, 1.82) is 0 Å². The zero-order chi connectivity index (χ0) is 14.1. The summed E-state index contributed by atoms with van der Waals surface area (Å²) in [4.78, 5) is 28.7. The van der Waals surface area contributed by atoms with E-state index in [-0.39, 0.29) is 0 Å². The van der Waals surface area contributed by atoms with Crippen LogP contribution in [0.25, 0.3) is 0 Å². The molecule has 0 unspecified atom stereocenters. The van der Waals surface area contributed by atoms with Crippen molar-refractivity contribution in [3.63, 3.8) is 0 Å². The first-order chi connectivity index (χ1) is 9.66. The number of nitrogens with zero attached hydrogens (tertiary/aromatic N) is 2. The lowest BCUT2D eigenvalue weighted by Crippen LogP contribution is -2.24. The molecule has 5 nitrogen and oxygen atoms in total. The van der Waals surface area contributed by atoms with Gasteiger partial charge in [-0.25, -0.2) is 0 Å². The van der Waals surface area contributed by atoms with Gasteiger partial charge in [-0.2, -0.15) is 0 Å². The Bertz CT molecular complexity index is 683. The largest absolute Gasteiger partial charge is 0.489 e. The monoisotopic (exact) mass is 268 g/mol. The average Bonchev–Trinajstić information content (AvgIpc) is 2.71. The quantitative estimate of drug-likeness (QED) is 0.797. The Hall–Kier alpha value is -2.69. The summed E-state index contributed by atoms with van der Waals surface area (Å²) in [5.41, 5.74) is 1.95. The molecule has 0 bridgehead atoms. The number of hydrogen-bond acceptors (Lipinski definition) is 4. The second kappa shape index (κ2) is 4.77. The molecule has 0 radical (unpaired) electrons. The van der Waals surface area contributed by atoms with Gasteiger partial charge in [-0.3, -0.25) is 14.6 Å². The number of ether oxygens (including phenoxy) is 1. The summed E-state index contributed by atoms with van der Waals surface area (Å²) in [5, 5.41) is 0. The molecule has 0 saturated carbocycles. The number of amides is 1. The van der Waals surface area contributed by atoms with Crippen LogP contribution in [0, 0.1) is 0 Å². The van der Waals surface area contributed by atoms with Crippen molar-refractivity contribution in [1.82, 2.24) is 4.98 Å². The highest BCUT2D eigenvalue weighted by molar-refractivity contribution is 6.52. The Kier molecular flexibility index (Phi) is 2.95. The zero-order valence-corrected chi connectivity index (χ0v) is 10.9. The number of pyridine rings is 1. The second-order valence-corrected chi connectivity index (χ2v) is 4.52. The van der Waals surface area contributed by atoms with Crippen LogP contribution in [0.15, 0.2) is 42.7 Å². The SMILES string of the molecule is CN1C(=O)C(=O)c2cc(OCc3cccnc3)ccc21. The number of hydrogen-bond donors (Lipinski definition) is 0. The minimum atomic E-state index is -0.510. The third-order valence-electron chi connectivity index (χ3n) is 3.20. The summed E-state index contributed by atoms with van der Waals surface area (Å²) in [7, 11) is 1.59. The van der Waals surface area contributed by atoms with Crippen molar-refractivity contribution >= 4 is 17.4 Å². The molecule has 2 heterocycles. The number of benzene rings is 1. The van der Waals surface area contributed by atoms with Gasteiger partial charge in [0.05, 0.1) is 11.3 Å². The standard InChI is InChI=1S/C15H12N2O3/c1-17-13-5-4-11(7-12(13)14(18)15(17)19)20-9-10-3-2-6-16-8-10/h2-8H,9H2,1H3. The summed E-state index contributed by atoms with van der Waals surface area (Å²) >= 11 is 0. The molecular formula is C15H12N2O3. The van der Waals surface area contributed by atoms with Gasteiger partial charge < -0.3 is 9.64 Å². The fourth-order valence-electron chi connectivity index (χ4n) is 2.11. The van der Waals surface area contributed by atoms with Crippen LogP contribution in [0.3, 0.4) is 0 Å². The molecule has 0 fully saturated rings. The van der Waals surface area contributed by atoms with Crippen molar-refractivity contribution < 1.29 is 14.3 Å². The second-order valence-electron chi connectivity index (χ2n) is 4.52. The van der Waals surface area contributed by atoms with E-state index in [2.05, 4.69) is 4.98 Å². The number of anilines is 1. The highest BCUT2D eigenvalue weighted by atomic mass is 16.5. The van der Waals surface area contributed by atoms with Gasteiger partial charge in [0.15, 0.2) is 0 Å². The number of fused-ring (bicyclic) bond motifs is 1. The average molecular weight is 268 g/mol. The van der Waals surface area contributed by atoms with Crippen molar-refractivity contribution in [3.05, 3.63) is 53.9 Å². The molecule has 1 aromatic carbocycles. The van der Waals surface area contributed by atoms with Gasteiger partial charge in [0.25, 0.3) is 11.7 Å². The smallest absolute Gasteiger partial charge is 0.299 e. The summed E-state index contributed by atoms with van der Waals surface area (Å²) in [6.07, 6.45) is 3.41. The van der Waals surface area contributed by atoms with Crippen LogP contribution in [-0.4, -0.2) is 23.7 Å². The van der Waals surface area contributed by atoms with Crippen LogP contribution < -0.4 is 9.64 Å². The van der Waals surface area contributed by atoms with E-state index < -0.39 is 11.7 Å². The summed E-state index contributed by atoms with van der Waals surface area (Å²) in [5.74, 6) is -0.442. The van der Waals surface area contributed by atoms with Gasteiger partial charge in [-0.05, 0) is 24.3 Å². The first-order valence-corrected chi connectivity index (χ1v) is 6.15. The first-order valence-electron chi connectivity index (χ1n) is 6.15. The Morgan fingerprint density at radius 3 is 2.85 bits per heavy atom. The molecule has 0 N–H and O–H groups in total. The van der Waals surface area contributed by atoms with Crippen molar-refractivity contribution in [2.45, 2.75) is 6.61 Å². The summed E-state index contributed by atoms with van der Waals surface area (Å²) in [6.45, 7) is 0.366. The van der Waals surface area contributed by atoms with E-state index in [9.17, 15) is 9.59 Å². The summed E-state index contributed by atoms with van der Waals surface area (Å²) < 4.78 is 5.61. The molecule has 0 spiro atoms. The van der Waals surface area contributed by atoms with E-state index in [0.717, 1.165) is 5.56 Å². The predicted molar refractivity (Wildman–Crippen MR) is 72.8 cm³/mol. The molecule has 1 aliphatic rings. The normalized spacial score (nSPS) is 13.6. The lowest BCUT2D eigenvalue weighted by Gasteiger charge is -2.10. The van der Waals surface area contributed by atoms with Gasteiger partial charge >= 0.3 is 0 Å². The van der Waals surface area contributed by atoms with E-state index in [1.807, 2.05) is 12.1 Å². The van der Waals surface area contributed by atoms with E-state index >= 15 is 0 Å². The number of Topliss-reactive ketones (excluding diaryl/α,β-unsaturated/α-hetero) is 1. The van der Waals surface area contributed by atoms with Crippen molar-refractivity contribution in [2.75, 3.05) is 11.9 Å². The summed E-state index contributed by atoms with van der Waals surface area (Å²) in [6, 6.07) is 8.81. The number of carbonyl (C=O) groups is 2. The Morgan fingerprint density at radius 2 is 2.10 bits per heavy atom. The Labute approximate surface area is 115 Å². The van der Waals surface area contributed by atoms with Gasteiger partial charge in [0, 0.05) is 25.0 Å². The van der Waals surface area contributed by atoms with Crippen LogP contribution in [-0.2, 0) is 11.4 Å². The maximum atomic E-state index is 11.8. The predicted octanol–water partition coefficient (Wildman–Crippen LogP) is 1.82. The van der Waals surface area contributed by atoms with E-state index in [4.69, 9.17) is 4.74 Å². The molecule has 5 heteroatoms. The lowest BCUT2D eigenvalue weighted by molar-refractivity contribution is -0.114. The van der Waals surface area contributed by atoms with Crippen molar-refractivity contribution in [3.8, 4) is 5.75 Å². The molecule has 1 aromatic heterocycles. The highest BCUT2D eigenvalue weighted by Gasteiger charge is 2.33. The minimum Gasteiger partial charge on any atom is -0.489 e. The topological polar surface area (TPSA) is 59.5 Å². The number of ketones is 1. The molecule has 20 heavy (non-hydrogen) atoms. The molecular weight excluding hydrogens is 256 g/mol. The first kappa shape index (κ1) is 12.3. The van der Waals surface area contributed by atoms with Crippen LogP contribution in [0.5, 0.6) is 5.75 Å². The molecule has 0 atom stereocenters. The van der Waals surface area contributed by atoms with Crippen LogP contribution in [0.4, 0.5) is 5.69 Å². The molecule has 1 amide bonds. The van der Waals surface area contributed by atoms with Crippen LogP contribution in [0.1, 0.15) is 15.9 Å². The number of aromatic nitrogens is 1. The van der Waals surface area contributed by atoms with E-state index in [1.54, 1.807) is 37.6 Å². The maximum absolute atomic E-state index is 11.8. The molecule has 0 saturated heterocycles. The maximum Gasteiger partial charge on any atom is 0.299 e. The lowest BCUT2D eigenvalue weighted by atomic mass is 10.1. The minimum absolute atomic E-state index is 0.366. The number of likely N-dealkylation sites (N-methyl/N-ethyl adjacent to an activating group) is 1. The molecule has 2 aromatic rings. The number of rotatable bonds is 3. The number of carbonyl (C=O) groups excluding carboxylic acids is 2. The van der Waals surface area contributed by atoms with Gasteiger partial charge in [-0.1, -0.05) is 6.07 Å². The Balaban J connectivity index is 1.80. The van der Waals surface area contributed by atoms with E-state index in [0.29, 0.717) is 23.6 Å².